The molecule has 0 bridgehead atoms. The van der Waals surface area contributed by atoms with Crippen LogP contribution < -0.4 is 14.2 Å². The molecule has 12 heteroatoms. The predicted molar refractivity (Wildman–Crippen MR) is 110 cm³/mol. The zero-order valence-electron chi connectivity index (χ0n) is 17.7. The van der Waals surface area contributed by atoms with Gasteiger partial charge in [0.1, 0.15) is 41.5 Å². The zero-order valence-corrected chi connectivity index (χ0v) is 17.7. The largest absolute Gasteiger partial charge is 0.508 e. The fraction of sp³-hybridized carbons (Fsp3) is 0.364. The molecule has 2 aromatic carbocycles. The number of hydrogen-bond donors (Lipinski definition) is 6. The Hall–Kier alpha value is -3.58. The number of methoxy groups -OCH3 is 1. The molecule has 4 rings (SSSR count). The van der Waals surface area contributed by atoms with Crippen molar-refractivity contribution in [2.24, 2.45) is 0 Å². The Bertz CT molecular complexity index is 1100. The minimum atomic E-state index is -1.92. The Morgan fingerprint density at radius 1 is 1.06 bits per heavy atom. The first-order valence-corrected chi connectivity index (χ1v) is 10.1. The number of carbonyl (C=O) groups excluding carboxylic acids is 1. The van der Waals surface area contributed by atoms with Crippen molar-refractivity contribution in [1.82, 2.24) is 0 Å². The fourth-order valence-electron chi connectivity index (χ4n) is 3.87. The first-order chi connectivity index (χ1) is 16.1. The second-order valence-corrected chi connectivity index (χ2v) is 7.81. The van der Waals surface area contributed by atoms with E-state index in [0.29, 0.717) is 5.56 Å². The van der Waals surface area contributed by atoms with Gasteiger partial charge in [0.05, 0.1) is 13.5 Å². The van der Waals surface area contributed by atoms with Gasteiger partial charge in [0.15, 0.2) is 23.4 Å². The number of phenolic OH excluding ortho intramolecular Hbond substituents is 2. The van der Waals surface area contributed by atoms with Crippen molar-refractivity contribution in [1.29, 1.82) is 0 Å². The molecule has 1 fully saturated rings. The number of ketones is 1. The molecule has 2 aliphatic rings. The van der Waals surface area contributed by atoms with Gasteiger partial charge in [-0.1, -0.05) is 12.1 Å². The number of aliphatic hydroxyl groups is 3. The lowest BCUT2D eigenvalue weighted by Gasteiger charge is -2.38. The van der Waals surface area contributed by atoms with Crippen molar-refractivity contribution in [2.45, 2.75) is 43.2 Å². The number of hydrogen-bond acceptors (Lipinski definition) is 11. The molecule has 2 heterocycles. The van der Waals surface area contributed by atoms with Crippen LogP contribution in [0.4, 0.5) is 0 Å². The van der Waals surface area contributed by atoms with Gasteiger partial charge in [-0.05, 0) is 17.7 Å². The predicted octanol–water partition coefficient (Wildman–Crippen LogP) is 0.0839. The summed E-state index contributed by atoms with van der Waals surface area (Å²) < 4.78 is 21.9. The van der Waals surface area contributed by atoms with E-state index in [1.54, 1.807) is 12.1 Å². The summed E-state index contributed by atoms with van der Waals surface area (Å²) >= 11 is 0. The van der Waals surface area contributed by atoms with E-state index in [0.717, 1.165) is 6.07 Å². The number of aromatic hydroxyl groups is 2. The summed E-state index contributed by atoms with van der Waals surface area (Å²) in [6, 6.07) is 6.98. The van der Waals surface area contributed by atoms with Gasteiger partial charge >= 0.3 is 5.97 Å². The Labute approximate surface area is 192 Å². The second kappa shape index (κ2) is 8.99. The third-order valence-electron chi connectivity index (χ3n) is 5.62. The Kier molecular flexibility index (Phi) is 6.23. The summed E-state index contributed by atoms with van der Waals surface area (Å²) in [7, 11) is 1.23. The number of phenols is 2. The molecule has 0 amide bonds. The highest BCUT2D eigenvalue weighted by Gasteiger charge is 2.48. The Morgan fingerprint density at radius 3 is 2.35 bits per heavy atom. The maximum atomic E-state index is 12.8. The lowest BCUT2D eigenvalue weighted by molar-refractivity contribution is -0.271. The van der Waals surface area contributed by atoms with Gasteiger partial charge in [-0.2, -0.15) is 0 Å². The van der Waals surface area contributed by atoms with Crippen LogP contribution in [0.25, 0.3) is 0 Å². The van der Waals surface area contributed by atoms with Crippen LogP contribution in [0.5, 0.6) is 28.7 Å². The van der Waals surface area contributed by atoms with Crippen LogP contribution in [-0.4, -0.2) is 80.2 Å². The maximum Gasteiger partial charge on any atom is 0.335 e. The highest BCUT2D eigenvalue weighted by atomic mass is 16.7. The van der Waals surface area contributed by atoms with Gasteiger partial charge in [-0.25, -0.2) is 4.79 Å². The monoisotopic (exact) mass is 478 g/mol. The van der Waals surface area contributed by atoms with Crippen LogP contribution >= 0.6 is 0 Å². The average Bonchev–Trinajstić information content (AvgIpc) is 2.79. The molecule has 2 aromatic rings. The number of aliphatic carboxylic acids is 1. The first kappa shape index (κ1) is 23.6. The number of aliphatic hydroxyl groups excluding tert-OH is 3. The van der Waals surface area contributed by atoms with E-state index in [-0.39, 0.29) is 35.0 Å². The fourth-order valence-corrected chi connectivity index (χ4v) is 3.87. The molecule has 0 radical (unpaired) electrons. The number of Topliss-reactive ketones (excluding diaryl/α,β-unsaturated/α-hetero) is 1. The first-order valence-electron chi connectivity index (χ1n) is 10.1. The van der Waals surface area contributed by atoms with Gasteiger partial charge in [-0.15, -0.1) is 0 Å². The SMILES string of the molecule is COc1c(O[C@@H]2O[C@H](C(=O)O)[C@@H](O)[C@H](O)[C@H]2O)cc(O)c2c1OC(c1ccc(O)cc1)CC2=O. The Balaban J connectivity index is 1.70. The second-order valence-electron chi connectivity index (χ2n) is 7.81. The van der Waals surface area contributed by atoms with E-state index in [1.165, 1.54) is 19.2 Å². The van der Waals surface area contributed by atoms with Gasteiger partial charge < -0.3 is 49.6 Å². The number of benzene rings is 2. The third kappa shape index (κ3) is 4.07. The summed E-state index contributed by atoms with van der Waals surface area (Å²) in [6.45, 7) is 0. The van der Waals surface area contributed by atoms with Crippen LogP contribution in [0.15, 0.2) is 30.3 Å². The maximum absolute atomic E-state index is 12.8. The van der Waals surface area contributed by atoms with E-state index >= 15 is 0 Å². The molecule has 0 aromatic heterocycles. The summed E-state index contributed by atoms with van der Waals surface area (Å²) in [5.74, 6) is -3.16. The topological polar surface area (TPSA) is 192 Å². The van der Waals surface area contributed by atoms with Crippen LogP contribution in [0, 0.1) is 0 Å². The van der Waals surface area contributed by atoms with Crippen molar-refractivity contribution in [3.05, 3.63) is 41.5 Å². The smallest absolute Gasteiger partial charge is 0.335 e. The number of carboxylic acid groups (broad SMARTS) is 1. The van der Waals surface area contributed by atoms with Gasteiger partial charge in [0, 0.05) is 6.07 Å². The summed E-state index contributed by atoms with van der Waals surface area (Å²) in [4.78, 5) is 24.1. The molecule has 6 N–H and O–H groups in total. The minimum Gasteiger partial charge on any atom is -0.508 e. The standard InChI is InChI=1S/C22H22O12/c1-31-18-13(33-22-17(28)15(26)16(27)20(34-22)21(29)30)7-11(25)14-10(24)6-12(32-19(14)18)8-2-4-9(23)5-3-8/h2-5,7,12,15-17,20,22-23,25-28H,6H2,1H3,(H,29,30)/t12?,15-,16-,17+,20-,22+/m0/s1. The molecular formula is C22H22O12. The lowest BCUT2D eigenvalue weighted by atomic mass is 9.95. The highest BCUT2D eigenvalue weighted by molar-refractivity contribution is 6.03. The number of carboxylic acids is 1. The molecule has 6 atom stereocenters. The number of ether oxygens (including phenoxy) is 4. The van der Waals surface area contributed by atoms with Gasteiger partial charge in [-0.3, -0.25) is 4.79 Å². The number of rotatable bonds is 5. The molecule has 182 valence electrons. The zero-order chi connectivity index (χ0) is 24.7. The number of carbonyl (C=O) groups is 2. The molecule has 0 saturated carbocycles. The molecule has 1 saturated heterocycles. The van der Waals surface area contributed by atoms with Crippen molar-refractivity contribution >= 4 is 11.8 Å². The molecule has 0 spiro atoms. The van der Waals surface area contributed by atoms with Crippen molar-refractivity contribution in [3.63, 3.8) is 0 Å². The van der Waals surface area contributed by atoms with Crippen LogP contribution in [0.2, 0.25) is 0 Å². The normalized spacial score (nSPS) is 28.5. The minimum absolute atomic E-state index is 0.0233. The van der Waals surface area contributed by atoms with Crippen molar-refractivity contribution < 1.29 is 59.2 Å². The van der Waals surface area contributed by atoms with E-state index in [4.69, 9.17) is 18.9 Å². The molecule has 12 nitrogen and oxygen atoms in total. The summed E-state index contributed by atoms with van der Waals surface area (Å²) in [5, 5.41) is 59.3. The summed E-state index contributed by atoms with van der Waals surface area (Å²) in [6.07, 6.45) is -10.3. The third-order valence-corrected chi connectivity index (χ3v) is 5.62. The number of fused-ring (bicyclic) bond motifs is 1. The molecule has 1 unspecified atom stereocenters. The van der Waals surface area contributed by atoms with E-state index in [2.05, 4.69) is 0 Å². The molecular weight excluding hydrogens is 456 g/mol. The van der Waals surface area contributed by atoms with E-state index in [9.17, 15) is 40.2 Å². The average molecular weight is 478 g/mol. The molecule has 34 heavy (non-hydrogen) atoms. The Morgan fingerprint density at radius 2 is 1.74 bits per heavy atom. The summed E-state index contributed by atoms with van der Waals surface area (Å²) in [5.41, 5.74) is 0.403. The van der Waals surface area contributed by atoms with Crippen molar-refractivity contribution in [3.8, 4) is 28.7 Å². The van der Waals surface area contributed by atoms with Gasteiger partial charge in [0.2, 0.25) is 12.0 Å². The van der Waals surface area contributed by atoms with Crippen LogP contribution in [0.3, 0.4) is 0 Å². The lowest BCUT2D eigenvalue weighted by Crippen LogP contribution is -2.61. The van der Waals surface area contributed by atoms with Crippen molar-refractivity contribution in [2.75, 3.05) is 7.11 Å². The van der Waals surface area contributed by atoms with E-state index < -0.39 is 54.3 Å². The van der Waals surface area contributed by atoms with Crippen LogP contribution in [0.1, 0.15) is 28.4 Å². The van der Waals surface area contributed by atoms with E-state index in [1.807, 2.05) is 0 Å². The van der Waals surface area contributed by atoms with Crippen LogP contribution in [-0.2, 0) is 9.53 Å². The van der Waals surface area contributed by atoms with Gasteiger partial charge in [0.25, 0.3) is 0 Å². The molecule has 2 aliphatic heterocycles. The molecule has 0 aliphatic carbocycles. The highest BCUT2D eigenvalue weighted by Crippen LogP contribution is 2.50. The quantitative estimate of drug-likeness (QED) is 0.340.